The van der Waals surface area contributed by atoms with E-state index in [1.54, 1.807) is 14.0 Å². The Balaban J connectivity index is 2.07. The molecule has 1 amide bonds. The van der Waals surface area contributed by atoms with E-state index in [1.165, 1.54) is 4.90 Å². The van der Waals surface area contributed by atoms with Crippen LogP contribution in [0.2, 0.25) is 0 Å². The molecule has 0 unspecified atom stereocenters. The van der Waals surface area contributed by atoms with Gasteiger partial charge < -0.3 is 14.4 Å². The van der Waals surface area contributed by atoms with Gasteiger partial charge in [0.2, 0.25) is 0 Å². The number of hydrogen-bond acceptors (Lipinski definition) is 4. The highest BCUT2D eigenvalue weighted by Gasteiger charge is 2.31. The molecule has 1 aliphatic heterocycles. The highest BCUT2D eigenvalue weighted by atomic mass is 16.6. The van der Waals surface area contributed by atoms with E-state index in [0.29, 0.717) is 6.54 Å². The van der Waals surface area contributed by atoms with Crippen molar-refractivity contribution in [1.82, 2.24) is 4.90 Å². The molecule has 0 aromatic heterocycles. The Bertz CT molecular complexity index is 455. The standard InChI is InChI=1S/C13H15NO4/c1-9-13(16)14(8-12(15)18-9)7-10-3-5-11(17-2)6-4-10/h3-6,9H,7-8H2,1-2H3/t9-/m0/s1. The Morgan fingerprint density at radius 2 is 2.00 bits per heavy atom. The van der Waals surface area contributed by atoms with Gasteiger partial charge in [0.15, 0.2) is 6.10 Å². The van der Waals surface area contributed by atoms with Gasteiger partial charge in [-0.1, -0.05) is 12.1 Å². The number of amides is 1. The first-order valence-electron chi connectivity index (χ1n) is 5.71. The summed E-state index contributed by atoms with van der Waals surface area (Å²) < 4.78 is 9.91. The lowest BCUT2D eigenvalue weighted by Crippen LogP contribution is -2.48. The average molecular weight is 249 g/mol. The van der Waals surface area contributed by atoms with Gasteiger partial charge in [-0.25, -0.2) is 0 Å². The third-order valence-corrected chi connectivity index (χ3v) is 2.82. The van der Waals surface area contributed by atoms with Crippen LogP contribution >= 0.6 is 0 Å². The minimum absolute atomic E-state index is 0.00913. The molecular formula is C13H15NO4. The smallest absolute Gasteiger partial charge is 0.326 e. The van der Waals surface area contributed by atoms with Crippen LogP contribution in [0, 0.1) is 0 Å². The van der Waals surface area contributed by atoms with Gasteiger partial charge >= 0.3 is 5.97 Å². The second-order valence-electron chi connectivity index (χ2n) is 4.17. The summed E-state index contributed by atoms with van der Waals surface area (Å²) in [4.78, 5) is 24.6. The molecule has 5 nitrogen and oxygen atoms in total. The quantitative estimate of drug-likeness (QED) is 0.749. The number of ether oxygens (including phenoxy) is 2. The maximum Gasteiger partial charge on any atom is 0.326 e. The molecule has 2 rings (SSSR count). The molecule has 1 heterocycles. The molecule has 0 radical (unpaired) electrons. The van der Waals surface area contributed by atoms with Crippen LogP contribution in [0.15, 0.2) is 24.3 Å². The number of hydrogen-bond donors (Lipinski definition) is 0. The molecule has 18 heavy (non-hydrogen) atoms. The summed E-state index contributed by atoms with van der Waals surface area (Å²) in [5.74, 6) is 0.234. The molecule has 1 aromatic carbocycles. The lowest BCUT2D eigenvalue weighted by molar-refractivity contribution is -0.170. The highest BCUT2D eigenvalue weighted by Crippen LogP contribution is 2.15. The average Bonchev–Trinajstić information content (AvgIpc) is 2.36. The second kappa shape index (κ2) is 5.08. The number of cyclic esters (lactones) is 1. The van der Waals surface area contributed by atoms with Gasteiger partial charge in [-0.3, -0.25) is 9.59 Å². The zero-order valence-electron chi connectivity index (χ0n) is 10.4. The minimum atomic E-state index is -0.690. The summed E-state index contributed by atoms with van der Waals surface area (Å²) in [6.45, 7) is 2.00. The van der Waals surface area contributed by atoms with Crippen LogP contribution in [0.3, 0.4) is 0 Å². The fourth-order valence-corrected chi connectivity index (χ4v) is 1.86. The predicted molar refractivity (Wildman–Crippen MR) is 64.0 cm³/mol. The van der Waals surface area contributed by atoms with E-state index in [4.69, 9.17) is 9.47 Å². The molecule has 0 spiro atoms. The summed E-state index contributed by atoms with van der Waals surface area (Å²) in [6, 6.07) is 7.39. The molecule has 0 bridgehead atoms. The summed E-state index contributed by atoms with van der Waals surface area (Å²) in [5.41, 5.74) is 0.950. The highest BCUT2D eigenvalue weighted by molar-refractivity contribution is 5.90. The summed E-state index contributed by atoms with van der Waals surface area (Å²) in [6.07, 6.45) is -0.690. The first-order chi connectivity index (χ1) is 8.60. The second-order valence-corrected chi connectivity index (χ2v) is 4.17. The maximum absolute atomic E-state index is 11.8. The Morgan fingerprint density at radius 3 is 2.61 bits per heavy atom. The van der Waals surface area contributed by atoms with Gasteiger partial charge in [0.05, 0.1) is 7.11 Å². The van der Waals surface area contributed by atoms with Gasteiger partial charge in [-0.05, 0) is 24.6 Å². The topological polar surface area (TPSA) is 55.8 Å². The molecule has 0 saturated carbocycles. The molecule has 1 aromatic rings. The van der Waals surface area contributed by atoms with Crippen molar-refractivity contribution in [3.05, 3.63) is 29.8 Å². The van der Waals surface area contributed by atoms with Crippen molar-refractivity contribution in [2.24, 2.45) is 0 Å². The van der Waals surface area contributed by atoms with Gasteiger partial charge in [0, 0.05) is 6.54 Å². The monoisotopic (exact) mass is 249 g/mol. The van der Waals surface area contributed by atoms with Crippen molar-refractivity contribution in [3.8, 4) is 5.75 Å². The number of rotatable bonds is 3. The Hall–Kier alpha value is -2.04. The molecule has 1 fully saturated rings. The Kier molecular flexibility index (Phi) is 3.50. The number of nitrogens with zero attached hydrogens (tertiary/aromatic N) is 1. The Morgan fingerprint density at radius 1 is 1.33 bits per heavy atom. The van der Waals surface area contributed by atoms with Crippen molar-refractivity contribution in [2.75, 3.05) is 13.7 Å². The van der Waals surface area contributed by atoms with E-state index < -0.39 is 6.10 Å². The minimum Gasteiger partial charge on any atom is -0.497 e. The summed E-state index contributed by atoms with van der Waals surface area (Å²) >= 11 is 0. The van der Waals surface area contributed by atoms with Gasteiger partial charge in [0.25, 0.3) is 5.91 Å². The number of carbonyl (C=O) groups excluding carboxylic acids is 2. The molecule has 0 N–H and O–H groups in total. The molecule has 0 aliphatic carbocycles. The van der Waals surface area contributed by atoms with E-state index in [0.717, 1.165) is 11.3 Å². The third kappa shape index (κ3) is 2.61. The molecular weight excluding hydrogens is 234 g/mol. The Labute approximate surface area is 105 Å². The third-order valence-electron chi connectivity index (χ3n) is 2.82. The number of carbonyl (C=O) groups is 2. The first kappa shape index (κ1) is 12.4. The van der Waals surface area contributed by atoms with Crippen LogP contribution in [-0.4, -0.2) is 36.5 Å². The van der Waals surface area contributed by atoms with Crippen LogP contribution in [0.1, 0.15) is 12.5 Å². The van der Waals surface area contributed by atoms with Crippen molar-refractivity contribution < 1.29 is 19.1 Å². The van der Waals surface area contributed by atoms with Gasteiger partial charge in [0.1, 0.15) is 12.3 Å². The first-order valence-corrected chi connectivity index (χ1v) is 5.71. The summed E-state index contributed by atoms with van der Waals surface area (Å²) in [7, 11) is 1.60. The van der Waals surface area contributed by atoms with E-state index in [1.807, 2.05) is 24.3 Å². The molecule has 1 saturated heterocycles. The van der Waals surface area contributed by atoms with E-state index in [-0.39, 0.29) is 18.4 Å². The van der Waals surface area contributed by atoms with Gasteiger partial charge in [-0.2, -0.15) is 0 Å². The maximum atomic E-state index is 11.8. The van der Waals surface area contributed by atoms with Crippen molar-refractivity contribution in [1.29, 1.82) is 0 Å². The predicted octanol–water partition coefficient (Wildman–Crippen LogP) is 0.969. The lowest BCUT2D eigenvalue weighted by Gasteiger charge is -2.29. The zero-order chi connectivity index (χ0) is 13.1. The van der Waals surface area contributed by atoms with E-state index in [9.17, 15) is 9.59 Å². The van der Waals surface area contributed by atoms with E-state index >= 15 is 0 Å². The molecule has 96 valence electrons. The number of morpholine rings is 1. The van der Waals surface area contributed by atoms with Crippen LogP contribution in [0.5, 0.6) is 5.75 Å². The van der Waals surface area contributed by atoms with Crippen molar-refractivity contribution >= 4 is 11.9 Å². The van der Waals surface area contributed by atoms with Crippen molar-refractivity contribution in [2.45, 2.75) is 19.6 Å². The van der Waals surface area contributed by atoms with Crippen LogP contribution < -0.4 is 4.74 Å². The van der Waals surface area contributed by atoms with Crippen LogP contribution in [0.4, 0.5) is 0 Å². The molecule has 5 heteroatoms. The largest absolute Gasteiger partial charge is 0.497 e. The number of esters is 1. The van der Waals surface area contributed by atoms with Crippen LogP contribution in [-0.2, 0) is 20.9 Å². The molecule has 1 atom stereocenters. The number of methoxy groups -OCH3 is 1. The van der Waals surface area contributed by atoms with Gasteiger partial charge in [-0.15, -0.1) is 0 Å². The number of benzene rings is 1. The van der Waals surface area contributed by atoms with E-state index in [2.05, 4.69) is 0 Å². The fourth-order valence-electron chi connectivity index (χ4n) is 1.86. The molecule has 1 aliphatic rings. The fraction of sp³-hybridized carbons (Fsp3) is 0.385. The SMILES string of the molecule is COc1ccc(CN2CC(=O)O[C@@H](C)C2=O)cc1. The van der Waals surface area contributed by atoms with Crippen molar-refractivity contribution in [3.63, 3.8) is 0 Å². The van der Waals surface area contributed by atoms with Crippen LogP contribution in [0.25, 0.3) is 0 Å². The zero-order valence-corrected chi connectivity index (χ0v) is 10.4. The lowest BCUT2D eigenvalue weighted by atomic mass is 10.2. The summed E-state index contributed by atoms with van der Waals surface area (Å²) in [5, 5.41) is 0. The normalized spacial score (nSPS) is 19.7.